The molecule has 0 radical (unpaired) electrons. The molecule has 0 aromatic heterocycles. The van der Waals surface area contributed by atoms with E-state index in [0.717, 1.165) is 31.0 Å². The highest BCUT2D eigenvalue weighted by atomic mass is 35.5. The van der Waals surface area contributed by atoms with Gasteiger partial charge in [-0.2, -0.15) is 0 Å². The highest BCUT2D eigenvalue weighted by molar-refractivity contribution is 6.17. The van der Waals surface area contributed by atoms with Gasteiger partial charge in [0.15, 0.2) is 6.73 Å². The predicted octanol–water partition coefficient (Wildman–Crippen LogP) is 2.86. The van der Waals surface area contributed by atoms with Crippen LogP contribution >= 0.6 is 11.6 Å². The van der Waals surface area contributed by atoms with Crippen LogP contribution in [0.4, 0.5) is 5.69 Å². The second kappa shape index (κ2) is 4.56. The fourth-order valence-electron chi connectivity index (χ4n) is 1.64. The zero-order valence-corrected chi connectivity index (χ0v) is 8.83. The minimum Gasteiger partial charge on any atom is -0.471 e. The Morgan fingerprint density at radius 2 is 2.14 bits per heavy atom. The van der Waals surface area contributed by atoms with Gasteiger partial charge in [0.2, 0.25) is 0 Å². The first-order valence-electron chi connectivity index (χ1n) is 4.94. The number of hydrogen-bond donors (Lipinski definition) is 0. The number of nitrogens with zero attached hydrogens (tertiary/aromatic N) is 1. The molecule has 2 rings (SSSR count). The SMILES string of the molecule is ClCCCCN1COc2ccccc21. The Hall–Kier alpha value is -0.890. The first-order chi connectivity index (χ1) is 6.92. The normalized spacial score (nSPS) is 13.9. The van der Waals surface area contributed by atoms with Gasteiger partial charge in [-0.1, -0.05) is 12.1 Å². The molecule has 1 aliphatic heterocycles. The standard InChI is InChI=1S/C11H14ClNO/c12-7-3-4-8-13-9-14-11-6-2-1-5-10(11)13/h1-2,5-6H,3-4,7-9H2. The van der Waals surface area contributed by atoms with Crippen LogP contribution in [0.1, 0.15) is 12.8 Å². The van der Waals surface area contributed by atoms with E-state index in [1.807, 2.05) is 18.2 Å². The number of halogens is 1. The molecule has 2 nitrogen and oxygen atoms in total. The van der Waals surface area contributed by atoms with Gasteiger partial charge in [-0.15, -0.1) is 11.6 Å². The Bertz CT molecular complexity index is 303. The van der Waals surface area contributed by atoms with Gasteiger partial charge in [0.1, 0.15) is 5.75 Å². The third-order valence-corrected chi connectivity index (χ3v) is 2.66. The van der Waals surface area contributed by atoms with Crippen molar-refractivity contribution in [3.8, 4) is 5.75 Å². The minimum absolute atomic E-state index is 0.682. The van der Waals surface area contributed by atoms with Gasteiger partial charge in [-0.05, 0) is 25.0 Å². The second-order valence-corrected chi connectivity index (χ2v) is 3.78. The minimum atomic E-state index is 0.682. The molecule has 0 aliphatic carbocycles. The largest absolute Gasteiger partial charge is 0.471 e. The molecular weight excluding hydrogens is 198 g/mol. The number of fused-ring (bicyclic) bond motifs is 1. The quantitative estimate of drug-likeness (QED) is 0.561. The molecule has 0 saturated carbocycles. The number of alkyl halides is 1. The topological polar surface area (TPSA) is 12.5 Å². The first kappa shape index (κ1) is 9.66. The second-order valence-electron chi connectivity index (χ2n) is 3.40. The summed E-state index contributed by atoms with van der Waals surface area (Å²) in [7, 11) is 0. The Balaban J connectivity index is 1.96. The van der Waals surface area contributed by atoms with Crippen LogP contribution in [0.25, 0.3) is 0 Å². The average molecular weight is 212 g/mol. The molecule has 76 valence electrons. The fourth-order valence-corrected chi connectivity index (χ4v) is 1.83. The molecule has 14 heavy (non-hydrogen) atoms. The van der Waals surface area contributed by atoms with Gasteiger partial charge < -0.3 is 9.64 Å². The molecule has 1 aromatic carbocycles. The Labute approximate surface area is 89.4 Å². The van der Waals surface area contributed by atoms with Crippen molar-refractivity contribution in [1.29, 1.82) is 0 Å². The summed E-state index contributed by atoms with van der Waals surface area (Å²) in [5.41, 5.74) is 1.21. The molecule has 3 heteroatoms. The molecule has 1 aromatic rings. The van der Waals surface area contributed by atoms with Crippen LogP contribution in [0, 0.1) is 0 Å². The molecule has 0 amide bonds. The van der Waals surface area contributed by atoms with E-state index >= 15 is 0 Å². The van der Waals surface area contributed by atoms with Gasteiger partial charge >= 0.3 is 0 Å². The fraction of sp³-hybridized carbons (Fsp3) is 0.455. The van der Waals surface area contributed by atoms with Crippen LogP contribution < -0.4 is 9.64 Å². The van der Waals surface area contributed by atoms with Crippen molar-refractivity contribution in [2.24, 2.45) is 0 Å². The molecule has 0 fully saturated rings. The summed E-state index contributed by atoms with van der Waals surface area (Å²) in [5.74, 6) is 1.74. The summed E-state index contributed by atoms with van der Waals surface area (Å²) in [6.45, 7) is 1.71. The van der Waals surface area contributed by atoms with Crippen LogP contribution in [0.3, 0.4) is 0 Å². The molecular formula is C11H14ClNO. The highest BCUT2D eigenvalue weighted by Gasteiger charge is 2.18. The van der Waals surface area contributed by atoms with Gasteiger partial charge in [-0.3, -0.25) is 0 Å². The lowest BCUT2D eigenvalue weighted by atomic mass is 10.2. The number of benzene rings is 1. The summed E-state index contributed by atoms with van der Waals surface area (Å²) in [5, 5.41) is 0. The van der Waals surface area contributed by atoms with Crippen molar-refractivity contribution in [3.63, 3.8) is 0 Å². The molecule has 0 atom stereocenters. The Morgan fingerprint density at radius 3 is 3.00 bits per heavy atom. The number of anilines is 1. The zero-order valence-electron chi connectivity index (χ0n) is 8.08. The van der Waals surface area contributed by atoms with Crippen molar-refractivity contribution in [2.75, 3.05) is 24.1 Å². The number of unbranched alkanes of at least 4 members (excludes halogenated alkanes) is 1. The van der Waals surface area contributed by atoms with Crippen molar-refractivity contribution in [3.05, 3.63) is 24.3 Å². The maximum Gasteiger partial charge on any atom is 0.161 e. The summed E-state index contributed by atoms with van der Waals surface area (Å²) >= 11 is 5.64. The Morgan fingerprint density at radius 1 is 1.29 bits per heavy atom. The molecule has 0 saturated heterocycles. The van der Waals surface area contributed by atoms with E-state index in [2.05, 4.69) is 11.0 Å². The molecule has 0 unspecified atom stereocenters. The lowest BCUT2D eigenvalue weighted by Gasteiger charge is -2.15. The van der Waals surface area contributed by atoms with E-state index < -0.39 is 0 Å². The highest BCUT2D eigenvalue weighted by Crippen LogP contribution is 2.33. The number of hydrogen-bond acceptors (Lipinski definition) is 2. The maximum absolute atomic E-state index is 5.64. The Kier molecular flexibility index (Phi) is 3.14. The molecule has 0 N–H and O–H groups in total. The van der Waals surface area contributed by atoms with Crippen molar-refractivity contribution in [2.45, 2.75) is 12.8 Å². The van der Waals surface area contributed by atoms with E-state index in [-0.39, 0.29) is 0 Å². The van der Waals surface area contributed by atoms with Gasteiger partial charge in [0, 0.05) is 12.4 Å². The van der Waals surface area contributed by atoms with Gasteiger partial charge in [0.05, 0.1) is 5.69 Å². The van der Waals surface area contributed by atoms with Gasteiger partial charge in [0.25, 0.3) is 0 Å². The van der Waals surface area contributed by atoms with E-state index in [1.54, 1.807) is 0 Å². The third kappa shape index (κ3) is 1.95. The zero-order chi connectivity index (χ0) is 9.80. The van der Waals surface area contributed by atoms with Crippen LogP contribution in [0.15, 0.2) is 24.3 Å². The number of ether oxygens (including phenoxy) is 1. The van der Waals surface area contributed by atoms with Crippen LogP contribution in [0.2, 0.25) is 0 Å². The monoisotopic (exact) mass is 211 g/mol. The summed E-state index contributed by atoms with van der Waals surface area (Å²) in [4.78, 5) is 2.25. The number of para-hydroxylation sites is 2. The van der Waals surface area contributed by atoms with E-state index in [4.69, 9.17) is 16.3 Å². The van der Waals surface area contributed by atoms with E-state index in [1.165, 1.54) is 5.69 Å². The molecule has 0 spiro atoms. The average Bonchev–Trinajstić information content (AvgIpc) is 2.63. The third-order valence-electron chi connectivity index (χ3n) is 2.39. The lowest BCUT2D eigenvalue weighted by molar-refractivity contribution is 0.346. The van der Waals surface area contributed by atoms with Crippen LogP contribution in [-0.4, -0.2) is 19.2 Å². The van der Waals surface area contributed by atoms with Crippen molar-refractivity contribution >= 4 is 17.3 Å². The molecule has 1 aliphatic rings. The smallest absolute Gasteiger partial charge is 0.161 e. The molecule has 1 heterocycles. The molecule has 0 bridgehead atoms. The summed E-state index contributed by atoms with van der Waals surface area (Å²) in [6.07, 6.45) is 2.20. The van der Waals surface area contributed by atoms with E-state index in [9.17, 15) is 0 Å². The van der Waals surface area contributed by atoms with Crippen molar-refractivity contribution < 1.29 is 4.74 Å². The maximum atomic E-state index is 5.64. The van der Waals surface area contributed by atoms with Crippen LogP contribution in [0.5, 0.6) is 5.75 Å². The summed E-state index contributed by atoms with van der Waals surface area (Å²) in [6, 6.07) is 8.16. The predicted molar refractivity (Wildman–Crippen MR) is 59.2 cm³/mol. The first-order valence-corrected chi connectivity index (χ1v) is 5.48. The van der Waals surface area contributed by atoms with Crippen LogP contribution in [-0.2, 0) is 0 Å². The summed E-state index contributed by atoms with van der Waals surface area (Å²) < 4.78 is 5.53. The van der Waals surface area contributed by atoms with Gasteiger partial charge in [-0.25, -0.2) is 0 Å². The van der Waals surface area contributed by atoms with Crippen molar-refractivity contribution in [1.82, 2.24) is 0 Å². The lowest BCUT2D eigenvalue weighted by Crippen LogP contribution is -2.23. The number of rotatable bonds is 4. The van der Waals surface area contributed by atoms with E-state index in [0.29, 0.717) is 6.73 Å².